The molecule has 0 amide bonds. The Balaban J connectivity index is 1.92. The van der Waals surface area contributed by atoms with Crippen molar-refractivity contribution in [2.45, 2.75) is 40.5 Å². The Bertz CT molecular complexity index is 1060. The summed E-state index contributed by atoms with van der Waals surface area (Å²) >= 11 is 0. The van der Waals surface area contributed by atoms with Gasteiger partial charge in [-0.2, -0.15) is 0 Å². The Hall–Kier alpha value is -3.11. The van der Waals surface area contributed by atoms with E-state index in [1.165, 1.54) is 16.7 Å². The molecule has 0 saturated heterocycles. The molecule has 0 saturated carbocycles. The molecule has 1 N–H and O–H groups in total. The molecule has 0 aliphatic heterocycles. The number of esters is 1. The maximum absolute atomic E-state index is 12.2. The Morgan fingerprint density at radius 3 is 2.21 bits per heavy atom. The highest BCUT2D eigenvalue weighted by Crippen LogP contribution is 2.33. The summed E-state index contributed by atoms with van der Waals surface area (Å²) in [5.74, 6) is 0.485. The normalized spacial score (nSPS) is 11.3. The number of aryl methyl sites for hydroxylation is 1. The Morgan fingerprint density at radius 1 is 0.848 bits per heavy atom. The van der Waals surface area contributed by atoms with Gasteiger partial charge in [0.05, 0.1) is 18.6 Å². The smallest absolute Gasteiger partial charge is 0.311 e. The molecule has 3 aromatic carbocycles. The number of benzene rings is 3. The van der Waals surface area contributed by atoms with Gasteiger partial charge in [-0.15, -0.1) is 0 Å². The van der Waals surface area contributed by atoms with Gasteiger partial charge in [0, 0.05) is 6.42 Å². The highest BCUT2D eigenvalue weighted by molar-refractivity contribution is 5.76. The van der Waals surface area contributed by atoms with E-state index < -0.39 is 5.41 Å². The number of rotatable bonds is 9. The quantitative estimate of drug-likeness (QED) is 0.404. The maximum Gasteiger partial charge on any atom is 0.311 e. The lowest BCUT2D eigenvalue weighted by molar-refractivity contribution is -0.152. The van der Waals surface area contributed by atoms with Crippen LogP contribution in [0.4, 0.5) is 0 Å². The summed E-state index contributed by atoms with van der Waals surface area (Å²) in [6.45, 7) is 8.23. The highest BCUT2D eigenvalue weighted by Gasteiger charge is 2.23. The fraction of sp³-hybridized carbons (Fsp3) is 0.345. The number of ether oxygens (including phenoxy) is 2. The van der Waals surface area contributed by atoms with Crippen molar-refractivity contribution in [3.05, 3.63) is 77.9 Å². The molecule has 0 bridgehead atoms. The lowest BCUT2D eigenvalue weighted by atomic mass is 9.91. The van der Waals surface area contributed by atoms with E-state index in [0.29, 0.717) is 18.8 Å². The van der Waals surface area contributed by atoms with Gasteiger partial charge in [-0.1, -0.05) is 61.5 Å². The molecular formula is C29H34O4. The van der Waals surface area contributed by atoms with Crippen LogP contribution in [0.15, 0.2) is 66.7 Å². The molecule has 0 atom stereocenters. The third-order valence-electron chi connectivity index (χ3n) is 5.54. The van der Waals surface area contributed by atoms with Crippen molar-refractivity contribution >= 4 is 5.97 Å². The first-order valence-corrected chi connectivity index (χ1v) is 11.6. The van der Waals surface area contributed by atoms with Crippen LogP contribution in [0.25, 0.3) is 22.3 Å². The van der Waals surface area contributed by atoms with Crippen LogP contribution in [0.5, 0.6) is 5.75 Å². The second kappa shape index (κ2) is 11.2. The summed E-state index contributed by atoms with van der Waals surface area (Å²) in [6, 6.07) is 22.9. The monoisotopic (exact) mass is 446 g/mol. The van der Waals surface area contributed by atoms with Crippen molar-refractivity contribution in [1.29, 1.82) is 0 Å². The zero-order valence-corrected chi connectivity index (χ0v) is 20.1. The van der Waals surface area contributed by atoms with E-state index in [9.17, 15) is 4.79 Å². The van der Waals surface area contributed by atoms with Crippen LogP contribution in [-0.2, 0) is 22.4 Å². The first kappa shape index (κ1) is 24.5. The fourth-order valence-electron chi connectivity index (χ4n) is 3.74. The number of carbonyl (C=O) groups excluding carboxylic acids is 1. The van der Waals surface area contributed by atoms with Crippen molar-refractivity contribution in [2.75, 3.05) is 19.8 Å². The summed E-state index contributed by atoms with van der Waals surface area (Å²) < 4.78 is 11.2. The van der Waals surface area contributed by atoms with E-state index in [1.54, 1.807) is 0 Å². The van der Waals surface area contributed by atoms with Crippen LogP contribution in [0, 0.1) is 5.41 Å². The molecule has 0 fully saturated rings. The molecule has 0 radical (unpaired) electrons. The standard InChI is InChI=1S/C29H34O4/c1-5-21-19-23(11-13-26(21)22-9-7-6-8-10-22)27-14-12-25(32-18-16-30)20-24(27)15-17-33-28(31)29(2,3)4/h6-14,19-20,30H,5,15-18H2,1-4H3. The highest BCUT2D eigenvalue weighted by atomic mass is 16.5. The van der Waals surface area contributed by atoms with Crippen molar-refractivity contribution in [1.82, 2.24) is 0 Å². The van der Waals surface area contributed by atoms with Crippen molar-refractivity contribution in [2.24, 2.45) is 5.41 Å². The Labute approximate surface area is 197 Å². The molecule has 4 heteroatoms. The molecule has 0 heterocycles. The average Bonchev–Trinajstić information content (AvgIpc) is 2.82. The first-order chi connectivity index (χ1) is 15.8. The van der Waals surface area contributed by atoms with Gasteiger partial charge in [0.15, 0.2) is 0 Å². The van der Waals surface area contributed by atoms with Crippen molar-refractivity contribution in [3.8, 4) is 28.0 Å². The zero-order valence-electron chi connectivity index (χ0n) is 20.1. The van der Waals surface area contributed by atoms with Gasteiger partial charge in [-0.05, 0) is 72.7 Å². The average molecular weight is 447 g/mol. The van der Waals surface area contributed by atoms with Crippen LogP contribution in [-0.4, -0.2) is 30.9 Å². The minimum absolute atomic E-state index is 0.0406. The largest absolute Gasteiger partial charge is 0.491 e. The summed E-state index contributed by atoms with van der Waals surface area (Å²) in [5, 5.41) is 9.10. The minimum Gasteiger partial charge on any atom is -0.491 e. The Kier molecular flexibility index (Phi) is 8.29. The SMILES string of the molecule is CCc1cc(-c2ccc(OCCO)cc2CCOC(=O)C(C)(C)C)ccc1-c1ccccc1. The van der Waals surface area contributed by atoms with Gasteiger partial charge in [0.1, 0.15) is 12.4 Å². The van der Waals surface area contributed by atoms with E-state index in [-0.39, 0.29) is 19.2 Å². The molecule has 0 unspecified atom stereocenters. The number of hydrogen-bond donors (Lipinski definition) is 1. The molecule has 0 aliphatic rings. The lowest BCUT2D eigenvalue weighted by Gasteiger charge is -2.18. The topological polar surface area (TPSA) is 55.8 Å². The Morgan fingerprint density at radius 2 is 1.55 bits per heavy atom. The molecule has 4 nitrogen and oxygen atoms in total. The van der Waals surface area contributed by atoms with Gasteiger partial charge >= 0.3 is 5.97 Å². The van der Waals surface area contributed by atoms with Crippen LogP contribution in [0.2, 0.25) is 0 Å². The fourth-order valence-corrected chi connectivity index (χ4v) is 3.74. The lowest BCUT2D eigenvalue weighted by Crippen LogP contribution is -2.23. The first-order valence-electron chi connectivity index (χ1n) is 11.6. The second-order valence-electron chi connectivity index (χ2n) is 9.12. The van der Waals surface area contributed by atoms with Gasteiger partial charge in [0.2, 0.25) is 0 Å². The predicted octanol–water partition coefficient (Wildman–Crippen LogP) is 6.09. The number of aliphatic hydroxyl groups is 1. The minimum atomic E-state index is -0.530. The molecule has 0 aliphatic carbocycles. The number of hydrogen-bond acceptors (Lipinski definition) is 4. The van der Waals surface area contributed by atoms with Crippen LogP contribution in [0.3, 0.4) is 0 Å². The number of carbonyl (C=O) groups is 1. The summed E-state index contributed by atoms with van der Waals surface area (Å²) in [5.41, 5.74) is 6.46. The summed E-state index contributed by atoms with van der Waals surface area (Å²) in [4.78, 5) is 12.2. The molecule has 0 spiro atoms. The van der Waals surface area contributed by atoms with Crippen LogP contribution in [0.1, 0.15) is 38.8 Å². The van der Waals surface area contributed by atoms with Gasteiger partial charge in [-0.3, -0.25) is 4.79 Å². The van der Waals surface area contributed by atoms with Gasteiger partial charge < -0.3 is 14.6 Å². The molecule has 3 aromatic rings. The second-order valence-corrected chi connectivity index (χ2v) is 9.12. The third-order valence-corrected chi connectivity index (χ3v) is 5.54. The molecule has 174 valence electrons. The molecule has 33 heavy (non-hydrogen) atoms. The van der Waals surface area contributed by atoms with Gasteiger partial charge in [0.25, 0.3) is 0 Å². The maximum atomic E-state index is 12.2. The van der Waals surface area contributed by atoms with E-state index in [2.05, 4.69) is 49.4 Å². The van der Waals surface area contributed by atoms with E-state index in [1.807, 2.05) is 45.0 Å². The van der Waals surface area contributed by atoms with Crippen LogP contribution >= 0.6 is 0 Å². The van der Waals surface area contributed by atoms with Crippen LogP contribution < -0.4 is 4.74 Å². The van der Waals surface area contributed by atoms with Crippen molar-refractivity contribution in [3.63, 3.8) is 0 Å². The van der Waals surface area contributed by atoms with E-state index in [4.69, 9.17) is 14.6 Å². The third kappa shape index (κ3) is 6.45. The molecular weight excluding hydrogens is 412 g/mol. The van der Waals surface area contributed by atoms with Gasteiger partial charge in [-0.25, -0.2) is 0 Å². The van der Waals surface area contributed by atoms with Crippen molar-refractivity contribution < 1.29 is 19.4 Å². The number of aliphatic hydroxyl groups excluding tert-OH is 1. The summed E-state index contributed by atoms with van der Waals surface area (Å²) in [6.07, 6.45) is 1.50. The van der Waals surface area contributed by atoms with E-state index in [0.717, 1.165) is 23.1 Å². The molecule has 0 aromatic heterocycles. The van der Waals surface area contributed by atoms with E-state index >= 15 is 0 Å². The molecule has 3 rings (SSSR count). The predicted molar refractivity (Wildman–Crippen MR) is 133 cm³/mol. The summed E-state index contributed by atoms with van der Waals surface area (Å²) in [7, 11) is 0. The zero-order chi connectivity index (χ0) is 23.8.